The number of hydrogen-bond acceptors (Lipinski definition) is 4. The fourth-order valence-electron chi connectivity index (χ4n) is 1.38. The highest BCUT2D eigenvalue weighted by atomic mass is 16.5. The summed E-state index contributed by atoms with van der Waals surface area (Å²) in [7, 11) is 1.70. The molecule has 0 radical (unpaired) electrons. The van der Waals surface area contributed by atoms with Gasteiger partial charge in [0.05, 0.1) is 12.3 Å². The molecule has 0 saturated heterocycles. The summed E-state index contributed by atoms with van der Waals surface area (Å²) in [6, 6.07) is 0. The van der Waals surface area contributed by atoms with Crippen molar-refractivity contribution in [1.29, 1.82) is 0 Å². The third-order valence-electron chi connectivity index (χ3n) is 2.51. The van der Waals surface area contributed by atoms with E-state index < -0.39 is 0 Å². The Hall–Kier alpha value is -0.870. The van der Waals surface area contributed by atoms with E-state index in [1.54, 1.807) is 7.11 Å². The first-order valence-electron chi connectivity index (χ1n) is 5.41. The van der Waals surface area contributed by atoms with Gasteiger partial charge >= 0.3 is 0 Å². The minimum atomic E-state index is 0.437. The van der Waals surface area contributed by atoms with E-state index in [0.717, 1.165) is 37.6 Å². The highest BCUT2D eigenvalue weighted by Gasteiger charge is 2.13. The maximum Gasteiger partial charge on any atom is 0.181 e. The average molecular weight is 212 g/mol. The molecule has 1 aromatic heterocycles. The molecule has 1 atom stereocenters. The van der Waals surface area contributed by atoms with E-state index in [2.05, 4.69) is 24.1 Å². The van der Waals surface area contributed by atoms with Crippen molar-refractivity contribution in [2.75, 3.05) is 20.3 Å². The molecule has 4 nitrogen and oxygen atoms in total. The van der Waals surface area contributed by atoms with Crippen molar-refractivity contribution in [3.63, 3.8) is 0 Å². The van der Waals surface area contributed by atoms with Crippen molar-refractivity contribution < 1.29 is 9.15 Å². The van der Waals surface area contributed by atoms with Gasteiger partial charge in [-0.1, -0.05) is 13.8 Å². The monoisotopic (exact) mass is 212 g/mol. The van der Waals surface area contributed by atoms with Crippen molar-refractivity contribution in [3.8, 4) is 0 Å². The largest absolute Gasteiger partial charge is 0.448 e. The van der Waals surface area contributed by atoms with E-state index in [1.807, 2.05) is 0 Å². The fraction of sp³-hybridized carbons (Fsp3) is 0.727. The summed E-state index contributed by atoms with van der Waals surface area (Å²) in [5.41, 5.74) is 1.01. The van der Waals surface area contributed by atoms with Crippen LogP contribution in [-0.4, -0.2) is 25.2 Å². The number of ether oxygens (including phenoxy) is 1. The van der Waals surface area contributed by atoms with E-state index >= 15 is 0 Å². The first-order chi connectivity index (χ1) is 7.29. The highest BCUT2D eigenvalue weighted by Crippen LogP contribution is 2.21. The zero-order chi connectivity index (χ0) is 11.1. The third-order valence-corrected chi connectivity index (χ3v) is 2.51. The summed E-state index contributed by atoms with van der Waals surface area (Å²) in [6.07, 6.45) is 2.59. The normalized spacial score (nSPS) is 13.0. The summed E-state index contributed by atoms with van der Waals surface area (Å²) >= 11 is 0. The molecule has 1 rings (SSSR count). The first-order valence-corrected chi connectivity index (χ1v) is 5.41. The third kappa shape index (κ3) is 3.64. The summed E-state index contributed by atoms with van der Waals surface area (Å²) in [4.78, 5) is 4.21. The van der Waals surface area contributed by atoms with Gasteiger partial charge < -0.3 is 14.5 Å². The minimum absolute atomic E-state index is 0.437. The molecule has 0 amide bonds. The minimum Gasteiger partial charge on any atom is -0.448 e. The lowest BCUT2D eigenvalue weighted by Gasteiger charge is -2.07. The van der Waals surface area contributed by atoms with Gasteiger partial charge in [0.25, 0.3) is 0 Å². The fourth-order valence-corrected chi connectivity index (χ4v) is 1.38. The highest BCUT2D eigenvalue weighted by molar-refractivity contribution is 5.11. The van der Waals surface area contributed by atoms with Crippen molar-refractivity contribution in [2.24, 2.45) is 0 Å². The Morgan fingerprint density at radius 2 is 2.40 bits per heavy atom. The van der Waals surface area contributed by atoms with Crippen LogP contribution in [0.1, 0.15) is 37.6 Å². The van der Waals surface area contributed by atoms with Crippen LogP contribution in [0.5, 0.6) is 0 Å². The smallest absolute Gasteiger partial charge is 0.181 e. The first kappa shape index (κ1) is 12.2. The lowest BCUT2D eigenvalue weighted by atomic mass is 10.0. The maximum absolute atomic E-state index is 5.39. The average Bonchev–Trinajstić information content (AvgIpc) is 2.71. The number of rotatable bonds is 7. The molecule has 0 aliphatic carbocycles. The number of methoxy groups -OCH3 is 1. The summed E-state index contributed by atoms with van der Waals surface area (Å²) in [6.45, 7) is 6.61. The zero-order valence-corrected chi connectivity index (χ0v) is 9.75. The quantitative estimate of drug-likeness (QED) is 0.701. The van der Waals surface area contributed by atoms with Gasteiger partial charge in [0, 0.05) is 26.1 Å². The van der Waals surface area contributed by atoms with Gasteiger partial charge in [0.2, 0.25) is 0 Å². The van der Waals surface area contributed by atoms with Crippen LogP contribution in [0.4, 0.5) is 0 Å². The Bertz CT molecular complexity index is 273. The van der Waals surface area contributed by atoms with Crippen molar-refractivity contribution in [1.82, 2.24) is 10.3 Å². The van der Waals surface area contributed by atoms with Crippen molar-refractivity contribution >= 4 is 0 Å². The summed E-state index contributed by atoms with van der Waals surface area (Å²) in [5.74, 6) is 1.44. The van der Waals surface area contributed by atoms with Crippen LogP contribution >= 0.6 is 0 Å². The molecule has 0 aliphatic rings. The Balaban J connectivity index is 2.43. The number of nitrogens with one attached hydrogen (secondary N) is 1. The predicted molar refractivity (Wildman–Crippen MR) is 58.8 cm³/mol. The lowest BCUT2D eigenvalue weighted by molar-refractivity contribution is 0.199. The second-order valence-electron chi connectivity index (χ2n) is 3.64. The number of oxazole rings is 1. The van der Waals surface area contributed by atoms with E-state index in [1.165, 1.54) is 6.39 Å². The number of aromatic nitrogens is 1. The molecule has 1 heterocycles. The molecule has 0 spiro atoms. The Labute approximate surface area is 91.0 Å². The zero-order valence-electron chi connectivity index (χ0n) is 9.75. The number of nitrogens with zero attached hydrogens (tertiary/aromatic N) is 1. The topological polar surface area (TPSA) is 47.3 Å². The second kappa shape index (κ2) is 6.58. The molecular weight excluding hydrogens is 192 g/mol. The van der Waals surface area contributed by atoms with Gasteiger partial charge in [0.1, 0.15) is 5.76 Å². The van der Waals surface area contributed by atoms with Crippen LogP contribution in [0, 0.1) is 0 Å². The predicted octanol–water partition coefficient (Wildman–Crippen LogP) is 1.92. The van der Waals surface area contributed by atoms with Crippen LogP contribution in [0.15, 0.2) is 10.8 Å². The van der Waals surface area contributed by atoms with Crippen LogP contribution in [0.2, 0.25) is 0 Å². The van der Waals surface area contributed by atoms with Crippen LogP contribution in [-0.2, 0) is 11.3 Å². The second-order valence-corrected chi connectivity index (χ2v) is 3.64. The van der Waals surface area contributed by atoms with Crippen molar-refractivity contribution in [3.05, 3.63) is 17.8 Å². The van der Waals surface area contributed by atoms with Crippen LogP contribution < -0.4 is 5.32 Å². The van der Waals surface area contributed by atoms with Gasteiger partial charge in [-0.05, 0) is 6.42 Å². The van der Waals surface area contributed by atoms with E-state index in [4.69, 9.17) is 9.15 Å². The molecule has 1 unspecified atom stereocenters. The van der Waals surface area contributed by atoms with E-state index in [0.29, 0.717) is 5.92 Å². The number of hydrogen-bond donors (Lipinski definition) is 1. The van der Waals surface area contributed by atoms with Gasteiger partial charge in [-0.25, -0.2) is 4.98 Å². The van der Waals surface area contributed by atoms with Crippen molar-refractivity contribution in [2.45, 2.75) is 32.7 Å². The molecule has 15 heavy (non-hydrogen) atoms. The molecule has 86 valence electrons. The molecule has 4 heteroatoms. The molecule has 0 aliphatic heterocycles. The summed E-state index contributed by atoms with van der Waals surface area (Å²) in [5, 5.41) is 3.26. The molecule has 1 aromatic rings. The molecule has 0 aromatic carbocycles. The molecule has 0 bridgehead atoms. The van der Waals surface area contributed by atoms with Crippen LogP contribution in [0.3, 0.4) is 0 Å². The maximum atomic E-state index is 5.39. The molecule has 0 saturated carbocycles. The van der Waals surface area contributed by atoms with Gasteiger partial charge in [-0.15, -0.1) is 0 Å². The van der Waals surface area contributed by atoms with Gasteiger partial charge in [0.15, 0.2) is 6.39 Å². The molecule has 0 fully saturated rings. The van der Waals surface area contributed by atoms with E-state index in [9.17, 15) is 0 Å². The summed E-state index contributed by atoms with van der Waals surface area (Å²) < 4.78 is 10.3. The molecule has 1 N–H and O–H groups in total. The van der Waals surface area contributed by atoms with E-state index in [-0.39, 0.29) is 0 Å². The molecular formula is C11H20N2O2. The Morgan fingerprint density at radius 3 is 3.07 bits per heavy atom. The van der Waals surface area contributed by atoms with Crippen LogP contribution in [0.25, 0.3) is 0 Å². The Morgan fingerprint density at radius 1 is 1.60 bits per heavy atom. The SMILES string of the molecule is CCC(C)c1ocnc1CNCCOC. The standard InChI is InChI=1S/C11H20N2O2/c1-4-9(2)11-10(13-8-15-11)7-12-5-6-14-3/h8-9,12H,4-7H2,1-3H3. The Kier molecular flexibility index (Phi) is 5.36. The van der Waals surface area contributed by atoms with Gasteiger partial charge in [-0.3, -0.25) is 0 Å². The lowest BCUT2D eigenvalue weighted by Crippen LogP contribution is -2.19. The van der Waals surface area contributed by atoms with Gasteiger partial charge in [-0.2, -0.15) is 0 Å².